The minimum absolute atomic E-state index is 0.0598. The lowest BCUT2D eigenvalue weighted by Crippen LogP contribution is -2.07. The molecule has 0 radical (unpaired) electrons. The van der Waals surface area contributed by atoms with Crippen molar-refractivity contribution in [1.82, 2.24) is 9.55 Å². The Hall–Kier alpha value is -2.42. The maximum absolute atomic E-state index is 13.3. The second kappa shape index (κ2) is 5.80. The predicted octanol–water partition coefficient (Wildman–Crippen LogP) is 5.14. The van der Waals surface area contributed by atoms with Gasteiger partial charge in [-0.1, -0.05) is 45.9 Å². The Balaban J connectivity index is 1.68. The van der Waals surface area contributed by atoms with Crippen molar-refractivity contribution in [2.75, 3.05) is 0 Å². The Morgan fingerprint density at radius 1 is 1.04 bits per heavy atom. The van der Waals surface area contributed by atoms with Crippen LogP contribution >= 0.6 is 0 Å². The minimum Gasteiger partial charge on any atom is -0.346 e. The molecule has 0 atom stereocenters. The number of aromatic nitrogens is 2. The number of benzene rings is 1. The molecule has 0 unspecified atom stereocenters. The molecule has 0 amide bonds. The van der Waals surface area contributed by atoms with Gasteiger partial charge in [0.25, 0.3) is 0 Å². The number of fused-ring (bicyclic) bond motifs is 1. The second-order valence-corrected chi connectivity index (χ2v) is 8.60. The third kappa shape index (κ3) is 2.49. The van der Waals surface area contributed by atoms with Crippen LogP contribution in [0, 0.1) is 16.7 Å². The second-order valence-electron chi connectivity index (χ2n) is 8.60. The van der Waals surface area contributed by atoms with Crippen molar-refractivity contribution < 1.29 is 4.79 Å². The molecule has 0 spiro atoms. The molecule has 1 fully saturated rings. The summed E-state index contributed by atoms with van der Waals surface area (Å²) in [6.07, 6.45) is 6.65. The van der Waals surface area contributed by atoms with Crippen molar-refractivity contribution in [2.45, 2.75) is 40.7 Å². The van der Waals surface area contributed by atoms with Crippen LogP contribution in [-0.4, -0.2) is 15.3 Å². The Morgan fingerprint density at radius 3 is 2.35 bits per heavy atom. The summed E-state index contributed by atoms with van der Waals surface area (Å²) in [6, 6.07) is 12.4. The van der Waals surface area contributed by atoms with Gasteiger partial charge in [0.1, 0.15) is 0 Å². The van der Waals surface area contributed by atoms with Crippen LogP contribution in [0.1, 0.15) is 43.6 Å². The van der Waals surface area contributed by atoms with E-state index < -0.39 is 0 Å². The van der Waals surface area contributed by atoms with Gasteiger partial charge in [0.15, 0.2) is 5.78 Å². The maximum Gasteiger partial charge on any atom is 0.169 e. The van der Waals surface area contributed by atoms with Crippen molar-refractivity contribution >= 4 is 16.7 Å². The molecular formula is C23H26N2O. The lowest BCUT2D eigenvalue weighted by atomic mass is 10.0. The van der Waals surface area contributed by atoms with E-state index in [0.29, 0.717) is 5.78 Å². The molecule has 3 aromatic rings. The van der Waals surface area contributed by atoms with Crippen LogP contribution in [-0.2, 0) is 13.0 Å². The number of para-hydroxylation sites is 1. The van der Waals surface area contributed by atoms with E-state index in [1.54, 1.807) is 0 Å². The number of aryl methyl sites for hydroxylation is 2. The topological polar surface area (TPSA) is 34.9 Å². The number of hydrogen-bond acceptors (Lipinski definition) is 2. The summed E-state index contributed by atoms with van der Waals surface area (Å²) >= 11 is 0. The zero-order chi connectivity index (χ0) is 18.5. The van der Waals surface area contributed by atoms with Crippen LogP contribution < -0.4 is 0 Å². The van der Waals surface area contributed by atoms with Crippen molar-refractivity contribution in [3.05, 3.63) is 66.1 Å². The van der Waals surface area contributed by atoms with Gasteiger partial charge in [0, 0.05) is 47.5 Å². The highest BCUT2D eigenvalue weighted by atomic mass is 16.1. The molecule has 3 nitrogen and oxygen atoms in total. The average Bonchev–Trinajstić information content (AvgIpc) is 2.91. The largest absolute Gasteiger partial charge is 0.346 e. The van der Waals surface area contributed by atoms with Crippen molar-refractivity contribution in [3.63, 3.8) is 0 Å². The van der Waals surface area contributed by atoms with Gasteiger partial charge < -0.3 is 4.57 Å². The van der Waals surface area contributed by atoms with Crippen LogP contribution in [0.5, 0.6) is 0 Å². The fourth-order valence-electron chi connectivity index (χ4n) is 4.43. The number of pyridine rings is 1. The van der Waals surface area contributed by atoms with E-state index in [1.165, 1.54) is 5.56 Å². The number of ketones is 1. The standard InChI is InChI=1S/C23H26N2O/c1-22(2)21(23(22,3)4)20(26)18-15-25(19-8-6-5-7-17(18)19)14-11-16-9-12-24-13-10-16/h5-10,12-13,15,21H,11,14H2,1-4H3. The van der Waals surface area contributed by atoms with Gasteiger partial charge in [0.2, 0.25) is 0 Å². The van der Waals surface area contributed by atoms with E-state index >= 15 is 0 Å². The van der Waals surface area contributed by atoms with Crippen LogP contribution in [0.2, 0.25) is 0 Å². The molecule has 26 heavy (non-hydrogen) atoms. The molecule has 0 bridgehead atoms. The fourth-order valence-corrected chi connectivity index (χ4v) is 4.43. The summed E-state index contributed by atoms with van der Waals surface area (Å²) in [5.41, 5.74) is 3.39. The predicted molar refractivity (Wildman–Crippen MR) is 105 cm³/mol. The summed E-state index contributed by atoms with van der Waals surface area (Å²) in [4.78, 5) is 17.4. The number of carbonyl (C=O) groups is 1. The number of hydrogen-bond donors (Lipinski definition) is 0. The molecular weight excluding hydrogens is 320 g/mol. The van der Waals surface area contributed by atoms with Gasteiger partial charge in [0.05, 0.1) is 0 Å². The SMILES string of the molecule is CC1(C)C(C(=O)c2cn(CCc3ccncc3)c3ccccc23)C1(C)C. The number of rotatable bonds is 5. The summed E-state index contributed by atoms with van der Waals surface area (Å²) in [6.45, 7) is 9.68. The van der Waals surface area contributed by atoms with Crippen LogP contribution in [0.3, 0.4) is 0 Å². The van der Waals surface area contributed by atoms with E-state index in [4.69, 9.17) is 0 Å². The highest BCUT2D eigenvalue weighted by Gasteiger charge is 2.68. The molecule has 4 rings (SSSR count). The van der Waals surface area contributed by atoms with Crippen LogP contribution in [0.15, 0.2) is 55.0 Å². The molecule has 3 heteroatoms. The van der Waals surface area contributed by atoms with Gasteiger partial charge in [-0.2, -0.15) is 0 Å². The van der Waals surface area contributed by atoms with Crippen molar-refractivity contribution in [1.29, 1.82) is 0 Å². The molecule has 0 aliphatic heterocycles. The molecule has 0 saturated heterocycles. The average molecular weight is 346 g/mol. The first-order chi connectivity index (χ1) is 12.3. The summed E-state index contributed by atoms with van der Waals surface area (Å²) in [7, 11) is 0. The smallest absolute Gasteiger partial charge is 0.169 e. The lowest BCUT2D eigenvalue weighted by Gasteiger charge is -2.05. The molecule has 1 aromatic carbocycles. The quantitative estimate of drug-likeness (QED) is 0.599. The Morgan fingerprint density at radius 2 is 1.69 bits per heavy atom. The first-order valence-corrected chi connectivity index (χ1v) is 9.35. The molecule has 0 N–H and O–H groups in total. The van der Waals surface area contributed by atoms with Gasteiger partial charge in [-0.05, 0) is 41.0 Å². The number of nitrogens with zero attached hydrogens (tertiary/aromatic N) is 2. The summed E-state index contributed by atoms with van der Waals surface area (Å²) in [5, 5.41) is 1.07. The third-order valence-corrected chi connectivity index (χ3v) is 6.73. The van der Waals surface area contributed by atoms with E-state index in [0.717, 1.165) is 29.4 Å². The molecule has 1 saturated carbocycles. The third-order valence-electron chi connectivity index (χ3n) is 6.73. The maximum atomic E-state index is 13.3. The summed E-state index contributed by atoms with van der Waals surface area (Å²) in [5.74, 6) is 0.383. The van der Waals surface area contributed by atoms with Gasteiger partial charge in [-0.3, -0.25) is 9.78 Å². The Bertz CT molecular complexity index is 952. The number of Topliss-reactive ketones (excluding diaryl/α,β-unsaturated/α-hetero) is 1. The molecule has 134 valence electrons. The zero-order valence-electron chi connectivity index (χ0n) is 16.0. The van der Waals surface area contributed by atoms with Crippen molar-refractivity contribution in [2.24, 2.45) is 16.7 Å². The highest BCUT2D eigenvalue weighted by molar-refractivity contribution is 6.11. The first kappa shape index (κ1) is 17.0. The summed E-state index contributed by atoms with van der Waals surface area (Å²) < 4.78 is 2.23. The normalized spacial score (nSPS) is 18.2. The van der Waals surface area contributed by atoms with E-state index in [1.807, 2.05) is 36.7 Å². The highest BCUT2D eigenvalue weighted by Crippen LogP contribution is 2.69. The molecule has 2 heterocycles. The van der Waals surface area contributed by atoms with Gasteiger partial charge in [-0.25, -0.2) is 0 Å². The monoisotopic (exact) mass is 346 g/mol. The van der Waals surface area contributed by atoms with Crippen LogP contribution in [0.4, 0.5) is 0 Å². The first-order valence-electron chi connectivity index (χ1n) is 9.35. The van der Waals surface area contributed by atoms with E-state index in [-0.39, 0.29) is 16.7 Å². The van der Waals surface area contributed by atoms with Crippen LogP contribution in [0.25, 0.3) is 10.9 Å². The van der Waals surface area contributed by atoms with Crippen molar-refractivity contribution in [3.8, 4) is 0 Å². The lowest BCUT2D eigenvalue weighted by molar-refractivity contribution is 0.0946. The van der Waals surface area contributed by atoms with Gasteiger partial charge >= 0.3 is 0 Å². The Labute approximate surface area is 155 Å². The van der Waals surface area contributed by atoms with E-state index in [2.05, 4.69) is 55.6 Å². The number of carbonyl (C=O) groups excluding carboxylic acids is 1. The molecule has 1 aliphatic rings. The minimum atomic E-state index is 0.0598. The fraction of sp³-hybridized carbons (Fsp3) is 0.391. The molecule has 1 aliphatic carbocycles. The van der Waals surface area contributed by atoms with Gasteiger partial charge in [-0.15, -0.1) is 0 Å². The molecule has 2 aromatic heterocycles. The Kier molecular flexibility index (Phi) is 3.80. The van der Waals surface area contributed by atoms with E-state index in [9.17, 15) is 4.79 Å². The zero-order valence-corrected chi connectivity index (χ0v) is 16.0.